The van der Waals surface area contributed by atoms with Crippen molar-refractivity contribution in [2.24, 2.45) is 23.2 Å². The Bertz CT molecular complexity index is 1730. The molecule has 1 aromatic rings. The van der Waals surface area contributed by atoms with Crippen LogP contribution in [0.4, 0.5) is 0 Å². The van der Waals surface area contributed by atoms with Crippen molar-refractivity contribution in [3.8, 4) is 0 Å². The van der Waals surface area contributed by atoms with Crippen LogP contribution in [-0.2, 0) is 61.9 Å². The molecule has 15 heteroatoms. The largest absolute Gasteiger partial charge is 0.458 e. The average Bonchev–Trinajstić information content (AvgIpc) is 3.32. The predicted octanol–water partition coefficient (Wildman–Crippen LogP) is 4.76. The summed E-state index contributed by atoms with van der Waals surface area (Å²) in [6.45, 7) is 19.5. The van der Waals surface area contributed by atoms with E-state index in [1.165, 1.54) is 39.8 Å². The zero-order chi connectivity index (χ0) is 43.2. The van der Waals surface area contributed by atoms with E-state index in [1.807, 2.05) is 0 Å². The maximum atomic E-state index is 13.9. The normalized spacial score (nSPS) is 31.0. The van der Waals surface area contributed by atoms with Crippen molar-refractivity contribution in [2.75, 3.05) is 0 Å². The van der Waals surface area contributed by atoms with Gasteiger partial charge in [-0.2, -0.15) is 0 Å². The molecule has 2 aliphatic rings. The van der Waals surface area contributed by atoms with Crippen LogP contribution in [0.2, 0.25) is 0 Å². The first-order valence-electron chi connectivity index (χ1n) is 18.9. The second kappa shape index (κ2) is 18.5. The van der Waals surface area contributed by atoms with Crippen molar-refractivity contribution in [1.29, 1.82) is 0 Å². The van der Waals surface area contributed by atoms with Crippen LogP contribution in [0.15, 0.2) is 54.6 Å². The lowest BCUT2D eigenvalue weighted by molar-refractivity contribution is -0.198. The quantitative estimate of drug-likeness (QED) is 0.193. The van der Waals surface area contributed by atoms with E-state index < -0.39 is 119 Å². The fourth-order valence-corrected chi connectivity index (χ4v) is 7.63. The van der Waals surface area contributed by atoms with Crippen LogP contribution in [0.1, 0.15) is 99.4 Å². The zero-order valence-electron chi connectivity index (χ0n) is 34.5. The third kappa shape index (κ3) is 10.9. The molecule has 0 unspecified atom stereocenters. The molecule has 0 saturated heterocycles. The van der Waals surface area contributed by atoms with Crippen LogP contribution in [0, 0.1) is 23.2 Å². The van der Waals surface area contributed by atoms with Crippen LogP contribution in [0.5, 0.6) is 0 Å². The van der Waals surface area contributed by atoms with E-state index in [1.54, 1.807) is 51.1 Å². The maximum Gasteiger partial charge on any atom is 0.338 e. The van der Waals surface area contributed by atoms with Gasteiger partial charge in [0.15, 0.2) is 24.4 Å². The van der Waals surface area contributed by atoms with E-state index >= 15 is 0 Å². The van der Waals surface area contributed by atoms with Gasteiger partial charge in [0.05, 0.1) is 17.4 Å². The lowest BCUT2D eigenvalue weighted by Crippen LogP contribution is -2.60. The second-order valence-electron chi connectivity index (χ2n) is 15.8. The van der Waals surface area contributed by atoms with Crippen molar-refractivity contribution in [2.45, 2.75) is 137 Å². The molecule has 0 amide bonds. The van der Waals surface area contributed by atoms with E-state index in [0.29, 0.717) is 0 Å². The monoisotopic (exact) mass is 800 g/mol. The molecule has 0 heterocycles. The SMILES string of the molecule is C=C1[C@H](OC(=O)CC)[C@@H](OC(C)=O)[C@@H](OC(C)=O)C(C)(C)C=C[C@H](C)[C@H](OC(=O)c2ccccc2)[C@@]2(O)C[C@@](C)(OC(C)=O)[C@H](OC(C)=O)[C@@H]2[C@H]1OC(=O)C(C)C. The van der Waals surface area contributed by atoms with Gasteiger partial charge in [0.25, 0.3) is 0 Å². The first kappa shape index (κ1) is 46.3. The molecular weight excluding hydrogens is 744 g/mol. The van der Waals surface area contributed by atoms with Gasteiger partial charge < -0.3 is 38.3 Å². The summed E-state index contributed by atoms with van der Waals surface area (Å²) < 4.78 is 41.7. The Balaban J connectivity index is 2.61. The molecule has 1 saturated carbocycles. The molecule has 1 N–H and O–H groups in total. The number of ether oxygens (including phenoxy) is 7. The van der Waals surface area contributed by atoms with Crippen LogP contribution in [-0.4, -0.2) is 94.7 Å². The highest BCUT2D eigenvalue weighted by atomic mass is 16.6. The average molecular weight is 801 g/mol. The number of rotatable bonds is 10. The maximum absolute atomic E-state index is 13.9. The first-order valence-corrected chi connectivity index (χ1v) is 18.9. The van der Waals surface area contributed by atoms with E-state index in [9.17, 15) is 38.7 Å². The zero-order valence-corrected chi connectivity index (χ0v) is 34.5. The summed E-state index contributed by atoms with van der Waals surface area (Å²) in [7, 11) is 0. The van der Waals surface area contributed by atoms with Crippen molar-refractivity contribution in [3.05, 3.63) is 60.2 Å². The Labute approximate surface area is 333 Å². The van der Waals surface area contributed by atoms with Gasteiger partial charge >= 0.3 is 41.8 Å². The molecule has 314 valence electrons. The summed E-state index contributed by atoms with van der Waals surface area (Å²) in [5, 5.41) is 13.4. The minimum Gasteiger partial charge on any atom is -0.458 e. The summed E-state index contributed by atoms with van der Waals surface area (Å²) in [4.78, 5) is 92.3. The van der Waals surface area contributed by atoms with Crippen molar-refractivity contribution >= 4 is 41.8 Å². The van der Waals surface area contributed by atoms with Crippen LogP contribution in [0.3, 0.4) is 0 Å². The molecule has 0 bridgehead atoms. The van der Waals surface area contributed by atoms with Gasteiger partial charge in [0, 0.05) is 57.4 Å². The number of aliphatic hydroxyl groups is 1. The molecule has 0 aromatic heterocycles. The molecule has 0 spiro atoms. The number of fused-ring (bicyclic) bond motifs is 1. The minimum atomic E-state index is -2.42. The molecule has 15 nitrogen and oxygen atoms in total. The molecule has 0 aliphatic heterocycles. The lowest BCUT2D eigenvalue weighted by atomic mass is 9.71. The molecule has 2 aliphatic carbocycles. The second-order valence-corrected chi connectivity index (χ2v) is 15.8. The van der Waals surface area contributed by atoms with Crippen molar-refractivity contribution in [1.82, 2.24) is 0 Å². The molecule has 0 radical (unpaired) electrons. The summed E-state index contributed by atoms with van der Waals surface area (Å²) >= 11 is 0. The predicted molar refractivity (Wildman–Crippen MR) is 202 cm³/mol. The van der Waals surface area contributed by atoms with E-state index in [0.717, 1.165) is 27.7 Å². The fourth-order valence-electron chi connectivity index (χ4n) is 7.63. The van der Waals surface area contributed by atoms with Crippen LogP contribution >= 0.6 is 0 Å². The standard InChI is InChI=1S/C42H56O15/c1-13-30(47)54-33-24(5)32(55-38(48)22(2)3)31-36(52-26(7)44)41(12,57-28(9)46)21-42(31,50)35(56-39(49)29-17-15-14-16-18-29)23(4)19-20-40(10,11)37(53-27(8)45)34(33)51-25(6)43/h14-20,22-23,31-37,50H,5,13,21H2,1-4,6-12H3/t23-,31-,32-,33-,34+,35-,36+,37+,41+,42+/m0/s1. The number of hydrogen-bond acceptors (Lipinski definition) is 15. The number of esters is 7. The Morgan fingerprint density at radius 2 is 1.33 bits per heavy atom. The minimum absolute atomic E-state index is 0.121. The molecule has 10 atom stereocenters. The van der Waals surface area contributed by atoms with E-state index in [4.69, 9.17) is 33.2 Å². The molecule has 1 aromatic carbocycles. The van der Waals surface area contributed by atoms with E-state index in [2.05, 4.69) is 6.58 Å². The van der Waals surface area contributed by atoms with Crippen LogP contribution in [0.25, 0.3) is 0 Å². The van der Waals surface area contributed by atoms with Gasteiger partial charge in [-0.15, -0.1) is 0 Å². The van der Waals surface area contributed by atoms with Gasteiger partial charge in [-0.05, 0) is 19.1 Å². The number of hydrogen-bond donors (Lipinski definition) is 1. The van der Waals surface area contributed by atoms with Crippen molar-refractivity contribution < 1.29 is 71.8 Å². The lowest BCUT2D eigenvalue weighted by Gasteiger charge is -2.46. The van der Waals surface area contributed by atoms with Gasteiger partial charge in [-0.1, -0.05) is 78.5 Å². The Kier molecular flexibility index (Phi) is 15.0. The topological polar surface area (TPSA) is 204 Å². The highest BCUT2D eigenvalue weighted by Crippen LogP contribution is 2.54. The Morgan fingerprint density at radius 1 is 0.772 bits per heavy atom. The third-order valence-corrected chi connectivity index (χ3v) is 10.1. The third-order valence-electron chi connectivity index (χ3n) is 10.1. The molecule has 57 heavy (non-hydrogen) atoms. The van der Waals surface area contributed by atoms with Gasteiger partial charge in [0.2, 0.25) is 0 Å². The van der Waals surface area contributed by atoms with Crippen LogP contribution < -0.4 is 0 Å². The molecular formula is C42H56O15. The highest BCUT2D eigenvalue weighted by Gasteiger charge is 2.70. The number of carbonyl (C=O) groups is 7. The first-order chi connectivity index (χ1) is 26.4. The smallest absolute Gasteiger partial charge is 0.338 e. The highest BCUT2D eigenvalue weighted by molar-refractivity contribution is 5.89. The summed E-state index contributed by atoms with van der Waals surface area (Å²) in [5.41, 5.74) is -5.76. The summed E-state index contributed by atoms with van der Waals surface area (Å²) in [5.74, 6) is -9.39. The van der Waals surface area contributed by atoms with E-state index in [-0.39, 0.29) is 17.6 Å². The number of carbonyl (C=O) groups excluding carboxylic acids is 7. The fraction of sp³-hybridized carbons (Fsp3) is 0.595. The Hall–Kier alpha value is -5.05. The van der Waals surface area contributed by atoms with Crippen molar-refractivity contribution in [3.63, 3.8) is 0 Å². The summed E-state index contributed by atoms with van der Waals surface area (Å²) in [6.07, 6.45) is -7.49. The molecule has 3 rings (SSSR count). The Morgan fingerprint density at radius 3 is 1.84 bits per heavy atom. The van der Waals surface area contributed by atoms with Gasteiger partial charge in [-0.3, -0.25) is 28.8 Å². The number of benzene rings is 1. The summed E-state index contributed by atoms with van der Waals surface area (Å²) in [6, 6.07) is 7.93. The molecule has 1 fully saturated rings. The van der Waals surface area contributed by atoms with Gasteiger partial charge in [0.1, 0.15) is 23.4 Å². The van der Waals surface area contributed by atoms with Gasteiger partial charge in [-0.25, -0.2) is 4.79 Å².